The Balaban J connectivity index is 3.85. The number of carbonyl (C=O) groups is 1. The highest BCUT2D eigenvalue weighted by Crippen LogP contribution is 2.05. The van der Waals surface area contributed by atoms with E-state index in [0.29, 0.717) is 6.04 Å². The van der Waals surface area contributed by atoms with Gasteiger partial charge in [0.2, 0.25) is 0 Å². The van der Waals surface area contributed by atoms with Crippen LogP contribution in [0.2, 0.25) is 0 Å². The smallest absolute Gasteiger partial charge is 0.320 e. The van der Waals surface area contributed by atoms with Crippen LogP contribution in [0.1, 0.15) is 46.5 Å². The molecule has 2 N–H and O–H groups in total. The summed E-state index contributed by atoms with van der Waals surface area (Å²) in [5.41, 5.74) is 0. The molecule has 0 aromatic carbocycles. The van der Waals surface area contributed by atoms with E-state index in [9.17, 15) is 4.79 Å². The Labute approximate surface area is 80.5 Å². The van der Waals surface area contributed by atoms with Gasteiger partial charge in [-0.3, -0.25) is 4.79 Å². The van der Waals surface area contributed by atoms with Crippen LogP contribution in [0.15, 0.2) is 0 Å². The second-order valence-electron chi connectivity index (χ2n) is 3.50. The Hall–Kier alpha value is -0.570. The van der Waals surface area contributed by atoms with E-state index in [1.54, 1.807) is 6.92 Å². The SMILES string of the molecule is CCCC(CCC)NC(C)C(=O)O. The van der Waals surface area contributed by atoms with Crippen molar-refractivity contribution in [3.8, 4) is 0 Å². The van der Waals surface area contributed by atoms with Crippen molar-refractivity contribution in [2.75, 3.05) is 0 Å². The number of rotatable bonds is 7. The molecule has 0 amide bonds. The lowest BCUT2D eigenvalue weighted by Crippen LogP contribution is -2.41. The third-order valence-electron chi connectivity index (χ3n) is 2.13. The lowest BCUT2D eigenvalue weighted by molar-refractivity contribution is -0.139. The summed E-state index contributed by atoms with van der Waals surface area (Å²) in [7, 11) is 0. The van der Waals surface area contributed by atoms with Crippen LogP contribution in [0.5, 0.6) is 0 Å². The van der Waals surface area contributed by atoms with Gasteiger partial charge < -0.3 is 10.4 Å². The molecule has 0 aliphatic heterocycles. The van der Waals surface area contributed by atoms with E-state index in [1.807, 2.05) is 0 Å². The Morgan fingerprint density at radius 1 is 1.31 bits per heavy atom. The van der Waals surface area contributed by atoms with Crippen LogP contribution in [-0.2, 0) is 4.79 Å². The number of aliphatic carboxylic acids is 1. The molecule has 1 unspecified atom stereocenters. The molecule has 0 spiro atoms. The molecule has 0 saturated carbocycles. The zero-order chi connectivity index (χ0) is 10.3. The molecule has 0 saturated heterocycles. The Morgan fingerprint density at radius 2 is 1.77 bits per heavy atom. The molecule has 0 fully saturated rings. The van der Waals surface area contributed by atoms with E-state index in [1.165, 1.54) is 0 Å². The van der Waals surface area contributed by atoms with E-state index in [4.69, 9.17) is 5.11 Å². The largest absolute Gasteiger partial charge is 0.480 e. The van der Waals surface area contributed by atoms with Crippen molar-refractivity contribution in [3.63, 3.8) is 0 Å². The first-order valence-corrected chi connectivity index (χ1v) is 5.10. The van der Waals surface area contributed by atoms with Crippen LogP contribution >= 0.6 is 0 Å². The fourth-order valence-electron chi connectivity index (χ4n) is 1.43. The molecule has 3 nitrogen and oxygen atoms in total. The maximum absolute atomic E-state index is 10.6. The highest BCUT2D eigenvalue weighted by Gasteiger charge is 2.15. The Bertz CT molecular complexity index is 142. The third kappa shape index (κ3) is 5.64. The van der Waals surface area contributed by atoms with Gasteiger partial charge in [0.15, 0.2) is 0 Å². The van der Waals surface area contributed by atoms with Gasteiger partial charge in [0.25, 0.3) is 0 Å². The minimum absolute atomic E-state index is 0.362. The van der Waals surface area contributed by atoms with Crippen LogP contribution in [0, 0.1) is 0 Å². The first-order chi connectivity index (χ1) is 6.11. The maximum atomic E-state index is 10.6. The van der Waals surface area contributed by atoms with Crippen LogP contribution in [-0.4, -0.2) is 23.2 Å². The third-order valence-corrected chi connectivity index (χ3v) is 2.13. The highest BCUT2D eigenvalue weighted by atomic mass is 16.4. The summed E-state index contributed by atoms with van der Waals surface area (Å²) < 4.78 is 0. The van der Waals surface area contributed by atoms with Crippen molar-refractivity contribution >= 4 is 5.97 Å². The molecular formula is C10H21NO2. The minimum Gasteiger partial charge on any atom is -0.480 e. The van der Waals surface area contributed by atoms with Crippen LogP contribution < -0.4 is 5.32 Å². The first-order valence-electron chi connectivity index (χ1n) is 5.10. The van der Waals surface area contributed by atoms with Crippen molar-refractivity contribution in [1.82, 2.24) is 5.32 Å². The summed E-state index contributed by atoms with van der Waals surface area (Å²) in [5, 5.41) is 11.8. The number of hydrogen-bond acceptors (Lipinski definition) is 2. The van der Waals surface area contributed by atoms with Crippen molar-refractivity contribution in [1.29, 1.82) is 0 Å². The minimum atomic E-state index is -0.766. The molecule has 3 heteroatoms. The first kappa shape index (κ1) is 12.4. The molecule has 0 rings (SSSR count). The second-order valence-corrected chi connectivity index (χ2v) is 3.50. The van der Waals surface area contributed by atoms with Crippen LogP contribution in [0.4, 0.5) is 0 Å². The zero-order valence-electron chi connectivity index (χ0n) is 8.84. The van der Waals surface area contributed by atoms with Crippen molar-refractivity contribution in [3.05, 3.63) is 0 Å². The van der Waals surface area contributed by atoms with Gasteiger partial charge in [0, 0.05) is 6.04 Å². The van der Waals surface area contributed by atoms with E-state index in [2.05, 4.69) is 19.2 Å². The molecule has 0 aromatic heterocycles. The topological polar surface area (TPSA) is 49.3 Å². The molecule has 0 aliphatic rings. The Morgan fingerprint density at radius 3 is 2.08 bits per heavy atom. The summed E-state index contributed by atoms with van der Waals surface area (Å²) in [4.78, 5) is 10.6. The number of nitrogens with one attached hydrogen (secondary N) is 1. The van der Waals surface area contributed by atoms with Gasteiger partial charge in [-0.05, 0) is 19.8 Å². The van der Waals surface area contributed by atoms with Gasteiger partial charge in [0.1, 0.15) is 6.04 Å². The lowest BCUT2D eigenvalue weighted by Gasteiger charge is -2.19. The molecular weight excluding hydrogens is 166 g/mol. The molecule has 0 heterocycles. The standard InChI is InChI=1S/C10H21NO2/c1-4-6-9(7-5-2)11-8(3)10(12)13/h8-9,11H,4-7H2,1-3H3,(H,12,13). The predicted octanol–water partition coefficient (Wildman–Crippen LogP) is 2.02. The zero-order valence-corrected chi connectivity index (χ0v) is 8.84. The van der Waals surface area contributed by atoms with Crippen molar-refractivity contribution in [2.45, 2.75) is 58.5 Å². The summed E-state index contributed by atoms with van der Waals surface area (Å²) in [6.45, 7) is 5.94. The summed E-state index contributed by atoms with van der Waals surface area (Å²) >= 11 is 0. The number of carboxylic acid groups (broad SMARTS) is 1. The maximum Gasteiger partial charge on any atom is 0.320 e. The fourth-order valence-corrected chi connectivity index (χ4v) is 1.43. The van der Waals surface area contributed by atoms with Gasteiger partial charge in [-0.15, -0.1) is 0 Å². The van der Waals surface area contributed by atoms with Gasteiger partial charge in [-0.1, -0.05) is 26.7 Å². The summed E-state index contributed by atoms with van der Waals surface area (Å²) in [6, 6.07) is -0.0656. The fraction of sp³-hybridized carbons (Fsp3) is 0.900. The molecule has 0 radical (unpaired) electrons. The normalized spacial score (nSPS) is 13.2. The quantitative estimate of drug-likeness (QED) is 0.641. The van der Waals surface area contributed by atoms with Crippen LogP contribution in [0.3, 0.4) is 0 Å². The Kier molecular flexibility index (Phi) is 6.59. The van der Waals surface area contributed by atoms with Gasteiger partial charge in [-0.2, -0.15) is 0 Å². The average Bonchev–Trinajstić information content (AvgIpc) is 2.05. The number of carboxylic acids is 1. The summed E-state index contributed by atoms with van der Waals surface area (Å²) in [6.07, 6.45) is 4.32. The van der Waals surface area contributed by atoms with E-state index in [-0.39, 0.29) is 0 Å². The molecule has 1 atom stereocenters. The summed E-state index contributed by atoms with van der Waals surface area (Å²) in [5.74, 6) is -0.766. The van der Waals surface area contributed by atoms with Gasteiger partial charge >= 0.3 is 5.97 Å². The molecule has 0 aromatic rings. The second kappa shape index (κ2) is 6.89. The average molecular weight is 187 g/mol. The van der Waals surface area contributed by atoms with E-state index >= 15 is 0 Å². The predicted molar refractivity (Wildman–Crippen MR) is 53.8 cm³/mol. The van der Waals surface area contributed by atoms with Gasteiger partial charge in [0.05, 0.1) is 0 Å². The molecule has 0 bridgehead atoms. The monoisotopic (exact) mass is 187 g/mol. The lowest BCUT2D eigenvalue weighted by atomic mass is 10.1. The molecule has 78 valence electrons. The van der Waals surface area contributed by atoms with E-state index < -0.39 is 12.0 Å². The van der Waals surface area contributed by atoms with E-state index in [0.717, 1.165) is 25.7 Å². The molecule has 0 aliphatic carbocycles. The number of hydrogen-bond donors (Lipinski definition) is 2. The molecule has 13 heavy (non-hydrogen) atoms. The van der Waals surface area contributed by atoms with Crippen molar-refractivity contribution < 1.29 is 9.90 Å². The van der Waals surface area contributed by atoms with Crippen molar-refractivity contribution in [2.24, 2.45) is 0 Å². The van der Waals surface area contributed by atoms with Gasteiger partial charge in [-0.25, -0.2) is 0 Å². The van der Waals surface area contributed by atoms with Crippen LogP contribution in [0.25, 0.3) is 0 Å². The highest BCUT2D eigenvalue weighted by molar-refractivity contribution is 5.72.